The van der Waals surface area contributed by atoms with Crippen LogP contribution >= 0.6 is 0 Å². The van der Waals surface area contributed by atoms with Crippen LogP contribution in [0, 0.1) is 0 Å². The standard InChI is InChI=1S/C19H24N2O8/c1-3-14(22)10-28-17(25)12-4-6-13(7-5-12)18(26)29-11-15(23)8-21-9-16(24)20(2)19(21)27/h4-7,14-15,22-23H,3,8-11H2,1-2H3. The van der Waals surface area contributed by atoms with Gasteiger partial charge in [-0.3, -0.25) is 9.69 Å². The van der Waals surface area contributed by atoms with Gasteiger partial charge in [0, 0.05) is 7.05 Å². The third-order valence-corrected chi connectivity index (χ3v) is 4.33. The van der Waals surface area contributed by atoms with Gasteiger partial charge in [-0.25, -0.2) is 14.4 Å². The summed E-state index contributed by atoms with van der Waals surface area (Å²) in [6.45, 7) is 1.01. The molecule has 2 N–H and O–H groups in total. The van der Waals surface area contributed by atoms with Gasteiger partial charge in [0.25, 0.3) is 0 Å². The number of esters is 2. The molecule has 3 amide bonds. The van der Waals surface area contributed by atoms with Crippen molar-refractivity contribution in [3.63, 3.8) is 0 Å². The van der Waals surface area contributed by atoms with E-state index in [0.717, 1.165) is 9.80 Å². The molecule has 10 nitrogen and oxygen atoms in total. The largest absolute Gasteiger partial charge is 0.459 e. The zero-order chi connectivity index (χ0) is 21.6. The van der Waals surface area contributed by atoms with E-state index >= 15 is 0 Å². The number of hydrogen-bond donors (Lipinski definition) is 2. The number of rotatable bonds is 9. The van der Waals surface area contributed by atoms with Crippen LogP contribution in [0.4, 0.5) is 4.79 Å². The highest BCUT2D eigenvalue weighted by Crippen LogP contribution is 2.10. The second-order valence-corrected chi connectivity index (χ2v) is 6.61. The fraction of sp³-hybridized carbons (Fsp3) is 0.474. The average molecular weight is 408 g/mol. The fourth-order valence-electron chi connectivity index (χ4n) is 2.48. The van der Waals surface area contributed by atoms with Crippen LogP contribution in [0.1, 0.15) is 34.1 Å². The first kappa shape index (κ1) is 22.3. The van der Waals surface area contributed by atoms with Gasteiger partial charge in [-0.05, 0) is 30.7 Å². The second-order valence-electron chi connectivity index (χ2n) is 6.61. The summed E-state index contributed by atoms with van der Waals surface area (Å²) in [6, 6.07) is 5.00. The summed E-state index contributed by atoms with van der Waals surface area (Å²) in [6.07, 6.45) is -1.42. The summed E-state index contributed by atoms with van der Waals surface area (Å²) < 4.78 is 9.96. The fourth-order valence-corrected chi connectivity index (χ4v) is 2.48. The topological polar surface area (TPSA) is 134 Å². The van der Waals surface area contributed by atoms with Crippen LogP contribution < -0.4 is 0 Å². The Labute approximate surface area is 167 Å². The molecule has 1 heterocycles. The SMILES string of the molecule is CCC(O)COC(=O)c1ccc(C(=O)OCC(O)CN2CC(=O)N(C)C2=O)cc1. The minimum Gasteiger partial charge on any atom is -0.459 e. The van der Waals surface area contributed by atoms with Crippen molar-refractivity contribution in [3.8, 4) is 0 Å². The molecule has 2 rings (SSSR count). The zero-order valence-corrected chi connectivity index (χ0v) is 16.2. The van der Waals surface area contributed by atoms with E-state index in [2.05, 4.69) is 0 Å². The van der Waals surface area contributed by atoms with Crippen LogP contribution in [-0.4, -0.2) is 89.4 Å². The van der Waals surface area contributed by atoms with E-state index in [1.165, 1.54) is 31.3 Å². The van der Waals surface area contributed by atoms with Crippen LogP contribution in [0.15, 0.2) is 24.3 Å². The maximum Gasteiger partial charge on any atom is 0.338 e. The maximum atomic E-state index is 12.1. The van der Waals surface area contributed by atoms with Crippen molar-refractivity contribution in [2.75, 3.05) is 33.4 Å². The van der Waals surface area contributed by atoms with E-state index in [1.807, 2.05) is 0 Å². The van der Waals surface area contributed by atoms with E-state index in [1.54, 1.807) is 6.92 Å². The predicted molar refractivity (Wildman–Crippen MR) is 99.1 cm³/mol. The van der Waals surface area contributed by atoms with Gasteiger partial charge in [0.15, 0.2) is 0 Å². The lowest BCUT2D eigenvalue weighted by molar-refractivity contribution is -0.124. The highest BCUT2D eigenvalue weighted by Gasteiger charge is 2.34. The van der Waals surface area contributed by atoms with E-state index in [-0.39, 0.29) is 43.3 Å². The number of hydrogen-bond acceptors (Lipinski definition) is 8. The minimum atomic E-state index is -1.15. The average Bonchev–Trinajstić information content (AvgIpc) is 2.96. The molecule has 1 saturated heterocycles. The first-order valence-corrected chi connectivity index (χ1v) is 9.08. The monoisotopic (exact) mass is 408 g/mol. The first-order valence-electron chi connectivity index (χ1n) is 9.08. The number of nitrogens with zero attached hydrogens (tertiary/aromatic N) is 2. The smallest absolute Gasteiger partial charge is 0.338 e. The van der Waals surface area contributed by atoms with E-state index in [4.69, 9.17) is 9.47 Å². The Morgan fingerprint density at radius 3 is 1.90 bits per heavy atom. The van der Waals surface area contributed by atoms with Crippen molar-refractivity contribution >= 4 is 23.9 Å². The molecule has 0 aromatic heterocycles. The Kier molecular flexibility index (Phi) is 7.68. The number of amides is 3. The summed E-state index contributed by atoms with van der Waals surface area (Å²) in [4.78, 5) is 49.2. The normalized spacial score (nSPS) is 16.0. The number of carbonyl (C=O) groups excluding carboxylic acids is 4. The number of benzene rings is 1. The molecule has 0 saturated carbocycles. The Morgan fingerprint density at radius 2 is 1.48 bits per heavy atom. The molecule has 0 spiro atoms. The molecule has 10 heteroatoms. The van der Waals surface area contributed by atoms with Gasteiger partial charge in [-0.1, -0.05) is 6.92 Å². The van der Waals surface area contributed by atoms with E-state index in [0.29, 0.717) is 6.42 Å². The van der Waals surface area contributed by atoms with Gasteiger partial charge in [0.1, 0.15) is 25.9 Å². The Balaban J connectivity index is 1.81. The van der Waals surface area contributed by atoms with Crippen molar-refractivity contribution in [1.82, 2.24) is 9.80 Å². The molecule has 1 aromatic carbocycles. The number of imide groups is 1. The third-order valence-electron chi connectivity index (χ3n) is 4.33. The molecule has 0 radical (unpaired) electrons. The third kappa shape index (κ3) is 6.00. The van der Waals surface area contributed by atoms with Gasteiger partial charge in [-0.15, -0.1) is 0 Å². The van der Waals surface area contributed by atoms with Crippen molar-refractivity contribution in [2.45, 2.75) is 25.6 Å². The van der Waals surface area contributed by atoms with Gasteiger partial charge >= 0.3 is 18.0 Å². The quantitative estimate of drug-likeness (QED) is 0.432. The lowest BCUT2D eigenvalue weighted by atomic mass is 10.1. The number of carbonyl (C=O) groups is 4. The molecular formula is C19H24N2O8. The molecule has 1 fully saturated rings. The molecule has 0 bridgehead atoms. The van der Waals surface area contributed by atoms with Gasteiger partial charge in [0.2, 0.25) is 5.91 Å². The Hall–Kier alpha value is -2.98. The van der Waals surface area contributed by atoms with Crippen LogP contribution in [-0.2, 0) is 14.3 Å². The highest BCUT2D eigenvalue weighted by molar-refractivity contribution is 6.01. The van der Waals surface area contributed by atoms with Crippen molar-refractivity contribution in [1.29, 1.82) is 0 Å². The summed E-state index contributed by atoms with van der Waals surface area (Å²) in [5, 5.41) is 19.4. The van der Waals surface area contributed by atoms with Crippen molar-refractivity contribution in [2.24, 2.45) is 0 Å². The van der Waals surface area contributed by atoms with Crippen LogP contribution in [0.2, 0.25) is 0 Å². The number of ether oxygens (including phenoxy) is 2. The molecule has 2 unspecified atom stereocenters. The molecule has 2 atom stereocenters. The first-order chi connectivity index (χ1) is 13.7. The van der Waals surface area contributed by atoms with Gasteiger partial charge in [0.05, 0.1) is 23.8 Å². The molecule has 1 aromatic rings. The number of β-amino-alcohol motifs (C(OH)–C–C–N with tert-alkyl or cyclic N) is 1. The summed E-state index contributed by atoms with van der Waals surface area (Å²) in [5.41, 5.74) is 0.376. The van der Waals surface area contributed by atoms with E-state index in [9.17, 15) is 29.4 Å². The molecule has 1 aliphatic rings. The zero-order valence-electron chi connectivity index (χ0n) is 16.2. The molecule has 0 aliphatic carbocycles. The van der Waals surface area contributed by atoms with Gasteiger partial charge in [-0.2, -0.15) is 0 Å². The molecular weight excluding hydrogens is 384 g/mol. The van der Waals surface area contributed by atoms with Crippen LogP contribution in [0.5, 0.6) is 0 Å². The second kappa shape index (κ2) is 9.99. The molecule has 158 valence electrons. The molecule has 1 aliphatic heterocycles. The lowest BCUT2D eigenvalue weighted by Crippen LogP contribution is -2.37. The Morgan fingerprint density at radius 1 is 1.00 bits per heavy atom. The van der Waals surface area contributed by atoms with Crippen LogP contribution in [0.25, 0.3) is 0 Å². The Bertz CT molecular complexity index is 764. The van der Waals surface area contributed by atoms with Gasteiger partial charge < -0.3 is 24.6 Å². The minimum absolute atomic E-state index is 0.113. The summed E-state index contributed by atoms with van der Waals surface area (Å²) in [7, 11) is 1.35. The highest BCUT2D eigenvalue weighted by atomic mass is 16.5. The van der Waals surface area contributed by atoms with E-state index < -0.39 is 30.2 Å². The van der Waals surface area contributed by atoms with Crippen molar-refractivity contribution in [3.05, 3.63) is 35.4 Å². The molecule has 29 heavy (non-hydrogen) atoms. The number of urea groups is 1. The summed E-state index contributed by atoms with van der Waals surface area (Å²) in [5.74, 6) is -1.71. The summed E-state index contributed by atoms with van der Waals surface area (Å²) >= 11 is 0. The predicted octanol–water partition coefficient (Wildman–Crippen LogP) is 0.0260. The number of likely N-dealkylation sites (N-methyl/N-ethyl adjacent to an activating group) is 1. The van der Waals surface area contributed by atoms with Crippen molar-refractivity contribution < 1.29 is 38.9 Å². The number of aliphatic hydroxyl groups excluding tert-OH is 2. The lowest BCUT2D eigenvalue weighted by Gasteiger charge is -2.18. The maximum absolute atomic E-state index is 12.1. The number of aliphatic hydroxyl groups is 2. The van der Waals surface area contributed by atoms with Crippen LogP contribution in [0.3, 0.4) is 0 Å².